The largest absolute Gasteiger partial charge is 0.340 e. The number of carbonyl (C=O) groups excluding carboxylic acids is 1. The number of carbonyl (C=O) groups is 1. The highest BCUT2D eigenvalue weighted by Crippen LogP contribution is 2.36. The minimum absolute atomic E-state index is 0.0855. The van der Waals surface area contributed by atoms with Gasteiger partial charge in [-0.3, -0.25) is 9.48 Å². The lowest BCUT2D eigenvalue weighted by atomic mass is 10.1. The number of rotatable bonds is 4. The molecular weight excluding hydrogens is 300 g/mol. The number of hydrogen-bond acceptors (Lipinski definition) is 2. The maximum absolute atomic E-state index is 12.7. The van der Waals surface area contributed by atoms with Crippen LogP contribution in [0.3, 0.4) is 0 Å². The van der Waals surface area contributed by atoms with Crippen molar-refractivity contribution in [3.05, 3.63) is 59.9 Å². The van der Waals surface area contributed by atoms with Crippen LogP contribution in [-0.2, 0) is 7.05 Å². The van der Waals surface area contributed by atoms with E-state index in [1.165, 1.54) is 0 Å². The second kappa shape index (κ2) is 5.67. The molecule has 1 amide bonds. The Balaban J connectivity index is 1.64. The number of amides is 1. The summed E-state index contributed by atoms with van der Waals surface area (Å²) < 4.78 is 3.80. The normalized spacial score (nSPS) is 13.9. The van der Waals surface area contributed by atoms with E-state index >= 15 is 0 Å². The van der Waals surface area contributed by atoms with Gasteiger partial charge in [0.05, 0.1) is 5.69 Å². The first-order chi connectivity index (χ1) is 11.6. The van der Waals surface area contributed by atoms with Crippen molar-refractivity contribution >= 4 is 11.7 Å². The van der Waals surface area contributed by atoms with Gasteiger partial charge in [-0.2, -0.15) is 5.10 Å². The Kier molecular flexibility index (Phi) is 3.49. The Morgan fingerprint density at radius 2 is 1.92 bits per heavy atom. The molecule has 2 aromatic heterocycles. The van der Waals surface area contributed by atoms with Crippen molar-refractivity contribution in [2.75, 3.05) is 5.32 Å². The number of aryl methyl sites for hydroxylation is 1. The average molecular weight is 320 g/mol. The molecule has 24 heavy (non-hydrogen) atoms. The lowest BCUT2D eigenvalue weighted by molar-refractivity contribution is 0.101. The highest BCUT2D eigenvalue weighted by Gasteiger charge is 2.27. The van der Waals surface area contributed by atoms with E-state index in [1.54, 1.807) is 4.68 Å². The Hall–Kier alpha value is -2.82. The van der Waals surface area contributed by atoms with Gasteiger partial charge in [-0.25, -0.2) is 0 Å². The van der Waals surface area contributed by atoms with Gasteiger partial charge in [0.25, 0.3) is 5.91 Å². The highest BCUT2D eigenvalue weighted by molar-refractivity contribution is 6.03. The van der Waals surface area contributed by atoms with Gasteiger partial charge in [-0.05, 0) is 31.9 Å². The second-order valence-electron chi connectivity index (χ2n) is 6.30. The van der Waals surface area contributed by atoms with Crippen molar-refractivity contribution < 1.29 is 4.79 Å². The number of nitrogens with one attached hydrogen (secondary N) is 1. The third kappa shape index (κ3) is 2.52. The molecule has 5 nitrogen and oxygen atoms in total. The van der Waals surface area contributed by atoms with Crippen molar-refractivity contribution in [3.63, 3.8) is 0 Å². The van der Waals surface area contributed by atoms with Gasteiger partial charge in [0.1, 0.15) is 11.5 Å². The van der Waals surface area contributed by atoms with E-state index < -0.39 is 0 Å². The molecule has 1 aliphatic rings. The fourth-order valence-electron chi connectivity index (χ4n) is 3.10. The van der Waals surface area contributed by atoms with Crippen LogP contribution >= 0.6 is 0 Å². The van der Waals surface area contributed by atoms with Crippen LogP contribution in [0, 0.1) is 6.92 Å². The molecule has 0 bridgehead atoms. The van der Waals surface area contributed by atoms with E-state index in [1.807, 2.05) is 62.6 Å². The van der Waals surface area contributed by atoms with E-state index in [9.17, 15) is 4.79 Å². The fourth-order valence-corrected chi connectivity index (χ4v) is 3.10. The zero-order chi connectivity index (χ0) is 16.7. The summed E-state index contributed by atoms with van der Waals surface area (Å²) in [6, 6.07) is 14.3. The van der Waals surface area contributed by atoms with Crippen molar-refractivity contribution in [2.45, 2.75) is 25.8 Å². The van der Waals surface area contributed by atoms with Crippen LogP contribution in [0.4, 0.5) is 5.82 Å². The summed E-state index contributed by atoms with van der Waals surface area (Å²) >= 11 is 0. The Bertz CT molecular complexity index is 887. The van der Waals surface area contributed by atoms with Crippen LogP contribution < -0.4 is 5.32 Å². The predicted molar refractivity (Wildman–Crippen MR) is 94.0 cm³/mol. The lowest BCUT2D eigenvalue weighted by Gasteiger charge is -2.09. The molecule has 4 rings (SSSR count). The van der Waals surface area contributed by atoms with Gasteiger partial charge < -0.3 is 9.88 Å². The molecule has 0 saturated heterocycles. The second-order valence-corrected chi connectivity index (χ2v) is 6.30. The first-order valence-electron chi connectivity index (χ1n) is 8.22. The van der Waals surface area contributed by atoms with Gasteiger partial charge in [-0.1, -0.05) is 30.3 Å². The molecule has 1 aliphatic carbocycles. The number of nitrogens with zero attached hydrogens (tertiary/aromatic N) is 3. The molecule has 3 aromatic rings. The van der Waals surface area contributed by atoms with Crippen LogP contribution in [-0.4, -0.2) is 20.3 Å². The number of benzene rings is 1. The topological polar surface area (TPSA) is 51.9 Å². The summed E-state index contributed by atoms with van der Waals surface area (Å²) in [7, 11) is 1.86. The zero-order valence-corrected chi connectivity index (χ0v) is 13.9. The van der Waals surface area contributed by atoms with Crippen LogP contribution in [0.2, 0.25) is 0 Å². The highest BCUT2D eigenvalue weighted by atomic mass is 16.2. The maximum atomic E-state index is 12.7. The molecular formula is C19H20N4O. The Morgan fingerprint density at radius 1 is 1.17 bits per heavy atom. The molecule has 1 aromatic carbocycles. The summed E-state index contributed by atoms with van der Waals surface area (Å²) in [4.78, 5) is 12.7. The third-order valence-electron chi connectivity index (χ3n) is 4.52. The van der Waals surface area contributed by atoms with Gasteiger partial charge in [0.15, 0.2) is 0 Å². The van der Waals surface area contributed by atoms with Gasteiger partial charge in [0.2, 0.25) is 0 Å². The summed E-state index contributed by atoms with van der Waals surface area (Å²) in [5.41, 5.74) is 3.62. The Morgan fingerprint density at radius 3 is 2.62 bits per heavy atom. The van der Waals surface area contributed by atoms with Crippen LogP contribution in [0.1, 0.15) is 34.9 Å². The first-order valence-corrected chi connectivity index (χ1v) is 8.22. The van der Waals surface area contributed by atoms with Crippen LogP contribution in [0.25, 0.3) is 11.3 Å². The van der Waals surface area contributed by atoms with Crippen molar-refractivity contribution in [1.82, 2.24) is 14.3 Å². The summed E-state index contributed by atoms with van der Waals surface area (Å²) in [6.07, 6.45) is 4.29. The molecule has 122 valence electrons. The molecule has 0 unspecified atom stereocenters. The van der Waals surface area contributed by atoms with Crippen molar-refractivity contribution in [1.29, 1.82) is 0 Å². The minimum Gasteiger partial charge on any atom is -0.340 e. The van der Waals surface area contributed by atoms with Crippen molar-refractivity contribution in [3.8, 4) is 11.3 Å². The summed E-state index contributed by atoms with van der Waals surface area (Å²) in [6.45, 7) is 1.99. The number of anilines is 1. The SMILES string of the molecule is Cc1c(-c2ccccc2)nn(C)c1NC(=O)c1cccn1C1CC1. The molecule has 5 heteroatoms. The predicted octanol–water partition coefficient (Wildman–Crippen LogP) is 3.78. The zero-order valence-electron chi connectivity index (χ0n) is 13.9. The molecule has 0 spiro atoms. The summed E-state index contributed by atoms with van der Waals surface area (Å²) in [5.74, 6) is 0.653. The van der Waals surface area contributed by atoms with E-state index in [0.717, 1.165) is 35.5 Å². The lowest BCUT2D eigenvalue weighted by Crippen LogP contribution is -2.18. The third-order valence-corrected chi connectivity index (χ3v) is 4.52. The van der Waals surface area contributed by atoms with Gasteiger partial charge in [0, 0.05) is 30.4 Å². The van der Waals surface area contributed by atoms with E-state index in [-0.39, 0.29) is 5.91 Å². The minimum atomic E-state index is -0.0855. The molecule has 0 radical (unpaired) electrons. The Labute approximate surface area is 140 Å². The van der Waals surface area contributed by atoms with E-state index in [0.29, 0.717) is 11.7 Å². The quantitative estimate of drug-likeness (QED) is 0.795. The maximum Gasteiger partial charge on any atom is 0.273 e. The average Bonchev–Trinajstić information content (AvgIpc) is 3.26. The monoisotopic (exact) mass is 320 g/mol. The van der Waals surface area contributed by atoms with Crippen molar-refractivity contribution in [2.24, 2.45) is 7.05 Å². The van der Waals surface area contributed by atoms with E-state index in [2.05, 4.69) is 15.0 Å². The molecule has 0 aliphatic heterocycles. The standard InChI is InChI=1S/C19H20N4O/c1-13-17(14-7-4-3-5-8-14)21-22(2)18(13)20-19(24)16-9-6-12-23(16)15-10-11-15/h3-9,12,15H,10-11H2,1-2H3,(H,20,24). The molecule has 1 saturated carbocycles. The van der Waals surface area contributed by atoms with E-state index in [4.69, 9.17) is 0 Å². The smallest absolute Gasteiger partial charge is 0.273 e. The summed E-state index contributed by atoms with van der Waals surface area (Å²) in [5, 5.41) is 7.61. The molecule has 2 heterocycles. The molecule has 1 fully saturated rings. The first kappa shape index (κ1) is 14.8. The fraction of sp³-hybridized carbons (Fsp3) is 0.263. The number of hydrogen-bond donors (Lipinski definition) is 1. The number of aromatic nitrogens is 3. The van der Waals surface area contributed by atoms with Crippen LogP contribution in [0.5, 0.6) is 0 Å². The van der Waals surface area contributed by atoms with Crippen LogP contribution in [0.15, 0.2) is 48.7 Å². The molecule has 0 atom stereocenters. The van der Waals surface area contributed by atoms with Gasteiger partial charge >= 0.3 is 0 Å². The molecule has 1 N–H and O–H groups in total. The van der Waals surface area contributed by atoms with Gasteiger partial charge in [-0.15, -0.1) is 0 Å².